The molecule has 5 rings (SSSR count). The number of rotatable bonds is 6. The van der Waals surface area contributed by atoms with Crippen molar-refractivity contribution in [3.8, 4) is 17.2 Å². The van der Waals surface area contributed by atoms with Gasteiger partial charge in [-0.2, -0.15) is 0 Å². The summed E-state index contributed by atoms with van der Waals surface area (Å²) in [4.78, 5) is 24.0. The van der Waals surface area contributed by atoms with Crippen molar-refractivity contribution in [3.63, 3.8) is 0 Å². The molecule has 0 unspecified atom stereocenters. The lowest BCUT2D eigenvalue weighted by Crippen LogP contribution is -2.35. The Labute approximate surface area is 201 Å². The number of ether oxygens (including phenoxy) is 2. The number of nitrogens with zero attached hydrogens (tertiary/aromatic N) is 3. The minimum atomic E-state index is -4.87. The maximum absolute atomic E-state index is 13.0. The third-order valence-electron chi connectivity index (χ3n) is 5.26. The predicted octanol–water partition coefficient (Wildman–Crippen LogP) is 4.93. The number of carbonyl (C=O) groups is 1. The molecule has 12 heteroatoms. The van der Waals surface area contributed by atoms with Crippen LogP contribution in [0.25, 0.3) is 22.6 Å². The van der Waals surface area contributed by atoms with Gasteiger partial charge in [0, 0.05) is 25.0 Å². The van der Waals surface area contributed by atoms with Crippen molar-refractivity contribution < 1.29 is 31.9 Å². The topological polar surface area (TPSA) is 89.7 Å². The van der Waals surface area contributed by atoms with E-state index in [9.17, 15) is 18.0 Å². The Bertz CT molecular complexity index is 1350. The Kier molecular flexibility index (Phi) is 6.41. The van der Waals surface area contributed by atoms with Crippen LogP contribution in [0.2, 0.25) is 0 Å². The molecule has 2 aromatic carbocycles. The number of alkyl halides is 3. The van der Waals surface area contributed by atoms with Gasteiger partial charge in [0.1, 0.15) is 11.3 Å². The minimum absolute atomic E-state index is 0.0139. The first-order valence-corrected chi connectivity index (χ1v) is 11.5. The molecule has 3 heterocycles. The number of nitrogens with one attached hydrogen (secondary N) is 1. The molecule has 1 aliphatic heterocycles. The molecule has 35 heavy (non-hydrogen) atoms. The normalized spacial score (nSPS) is 14.8. The third kappa shape index (κ3) is 5.45. The van der Waals surface area contributed by atoms with Crippen LogP contribution in [0.15, 0.2) is 52.3 Å². The summed E-state index contributed by atoms with van der Waals surface area (Å²) in [7, 11) is 0. The molecule has 0 bridgehead atoms. The van der Waals surface area contributed by atoms with Crippen LogP contribution in [0.5, 0.6) is 5.75 Å². The van der Waals surface area contributed by atoms with Crippen molar-refractivity contribution in [1.82, 2.24) is 14.9 Å². The summed E-state index contributed by atoms with van der Waals surface area (Å²) >= 11 is 1.31. The van der Waals surface area contributed by atoms with E-state index in [1.807, 2.05) is 5.38 Å². The van der Waals surface area contributed by atoms with Crippen LogP contribution in [0, 0.1) is 0 Å². The molecular formula is C23H19F3N4O4S. The molecule has 8 nitrogen and oxygen atoms in total. The third-order valence-corrected chi connectivity index (χ3v) is 6.07. The molecule has 1 N–H and O–H groups in total. The second-order valence-electron chi connectivity index (χ2n) is 7.70. The summed E-state index contributed by atoms with van der Waals surface area (Å²) in [5.41, 5.74) is 1.50. The summed E-state index contributed by atoms with van der Waals surface area (Å²) in [5.74, 6) is -1.01. The highest BCUT2D eigenvalue weighted by atomic mass is 32.1. The van der Waals surface area contributed by atoms with Gasteiger partial charge in [-0.05, 0) is 24.3 Å². The van der Waals surface area contributed by atoms with Crippen molar-refractivity contribution >= 4 is 33.5 Å². The van der Waals surface area contributed by atoms with E-state index in [0.717, 1.165) is 18.8 Å². The number of para-hydroxylation sites is 2. The van der Waals surface area contributed by atoms with Crippen LogP contribution in [0.1, 0.15) is 16.1 Å². The van der Waals surface area contributed by atoms with Gasteiger partial charge in [0.05, 0.1) is 30.0 Å². The van der Waals surface area contributed by atoms with Crippen molar-refractivity contribution in [2.45, 2.75) is 12.9 Å². The molecular weight excluding hydrogens is 485 g/mol. The Morgan fingerprint density at radius 2 is 1.91 bits per heavy atom. The predicted molar refractivity (Wildman–Crippen MR) is 122 cm³/mol. The molecule has 2 aromatic heterocycles. The van der Waals surface area contributed by atoms with Crippen LogP contribution in [-0.2, 0) is 11.3 Å². The number of fused-ring (bicyclic) bond motifs is 1. The van der Waals surface area contributed by atoms with Crippen molar-refractivity contribution in [2.75, 3.05) is 31.6 Å². The van der Waals surface area contributed by atoms with Crippen molar-refractivity contribution in [1.29, 1.82) is 0 Å². The zero-order chi connectivity index (χ0) is 24.4. The smallest absolute Gasteiger partial charge is 0.435 e. The van der Waals surface area contributed by atoms with Gasteiger partial charge in [0.15, 0.2) is 10.7 Å². The van der Waals surface area contributed by atoms with Gasteiger partial charge in [-0.1, -0.05) is 18.2 Å². The number of aromatic nitrogens is 2. The fourth-order valence-electron chi connectivity index (χ4n) is 3.69. The molecule has 0 saturated carbocycles. The van der Waals surface area contributed by atoms with E-state index < -0.39 is 18.0 Å². The molecule has 0 aliphatic carbocycles. The first kappa shape index (κ1) is 23.3. The lowest BCUT2D eigenvalue weighted by Gasteiger charge is -2.25. The molecule has 0 spiro atoms. The number of morpholine rings is 1. The summed E-state index contributed by atoms with van der Waals surface area (Å²) in [6.07, 6.45) is -4.87. The Balaban J connectivity index is 1.37. The van der Waals surface area contributed by atoms with Crippen molar-refractivity contribution in [2.24, 2.45) is 0 Å². The largest absolute Gasteiger partial charge is 0.573 e. The number of carbonyl (C=O) groups excluding carboxylic acids is 1. The highest BCUT2D eigenvalue weighted by Crippen LogP contribution is 2.35. The van der Waals surface area contributed by atoms with E-state index in [2.05, 4.69) is 24.9 Å². The fraction of sp³-hybridized carbons (Fsp3) is 0.261. The van der Waals surface area contributed by atoms with E-state index in [0.29, 0.717) is 30.4 Å². The number of hydrogen-bond acceptors (Lipinski definition) is 8. The Hall–Kier alpha value is -3.48. The first-order valence-electron chi connectivity index (χ1n) is 10.7. The fourth-order valence-corrected chi connectivity index (χ4v) is 4.39. The van der Waals surface area contributed by atoms with E-state index >= 15 is 0 Å². The standard InChI is InChI=1S/C23H19F3N4O4S/c24-23(25,26)34-18-7-2-1-4-15(18)21-28-17-6-3-5-16(19(17)33-21)20(31)29-22-27-14(13-35-22)12-30-8-10-32-11-9-30/h1-7,13H,8-12H2,(H,27,29,31). The minimum Gasteiger partial charge on any atom is -0.435 e. The Morgan fingerprint density at radius 1 is 1.11 bits per heavy atom. The van der Waals surface area contributed by atoms with E-state index in [-0.39, 0.29) is 22.6 Å². The monoisotopic (exact) mass is 504 g/mol. The average molecular weight is 504 g/mol. The maximum Gasteiger partial charge on any atom is 0.573 e. The number of thiazole rings is 1. The van der Waals surface area contributed by atoms with Gasteiger partial charge in [0.2, 0.25) is 5.89 Å². The van der Waals surface area contributed by atoms with E-state index in [1.165, 1.54) is 35.6 Å². The van der Waals surface area contributed by atoms with Gasteiger partial charge < -0.3 is 13.9 Å². The highest BCUT2D eigenvalue weighted by molar-refractivity contribution is 7.14. The Morgan fingerprint density at radius 3 is 2.71 bits per heavy atom. The molecule has 1 amide bonds. The molecule has 182 valence electrons. The summed E-state index contributed by atoms with van der Waals surface area (Å²) < 4.78 is 53.6. The van der Waals surface area contributed by atoms with Gasteiger partial charge in [-0.15, -0.1) is 24.5 Å². The van der Waals surface area contributed by atoms with Gasteiger partial charge >= 0.3 is 6.36 Å². The molecule has 1 saturated heterocycles. The number of benzene rings is 2. The number of oxazole rings is 1. The zero-order valence-electron chi connectivity index (χ0n) is 18.2. The van der Waals surface area contributed by atoms with Gasteiger partial charge in [-0.3, -0.25) is 15.0 Å². The van der Waals surface area contributed by atoms with Gasteiger partial charge in [0.25, 0.3) is 5.91 Å². The lowest BCUT2D eigenvalue weighted by molar-refractivity contribution is -0.274. The van der Waals surface area contributed by atoms with Crippen LogP contribution in [0.4, 0.5) is 18.3 Å². The summed E-state index contributed by atoms with van der Waals surface area (Å²) in [6, 6.07) is 10.3. The second-order valence-corrected chi connectivity index (χ2v) is 8.56. The molecule has 0 radical (unpaired) electrons. The zero-order valence-corrected chi connectivity index (χ0v) is 19.0. The number of hydrogen-bond donors (Lipinski definition) is 1. The molecule has 1 fully saturated rings. The average Bonchev–Trinajstić information content (AvgIpc) is 3.45. The van der Waals surface area contributed by atoms with Crippen LogP contribution < -0.4 is 10.1 Å². The molecule has 1 aliphatic rings. The van der Waals surface area contributed by atoms with Crippen LogP contribution in [0.3, 0.4) is 0 Å². The first-order chi connectivity index (χ1) is 16.9. The number of halogens is 3. The highest BCUT2D eigenvalue weighted by Gasteiger charge is 2.33. The van der Waals surface area contributed by atoms with E-state index in [1.54, 1.807) is 18.2 Å². The molecule has 4 aromatic rings. The lowest BCUT2D eigenvalue weighted by atomic mass is 10.2. The number of amides is 1. The SMILES string of the molecule is O=C(Nc1nc(CN2CCOCC2)cs1)c1cccc2nc(-c3ccccc3OC(F)(F)F)oc12. The maximum atomic E-state index is 13.0. The quantitative estimate of drug-likeness (QED) is 0.398. The number of anilines is 1. The van der Waals surface area contributed by atoms with Crippen LogP contribution >= 0.6 is 11.3 Å². The van der Waals surface area contributed by atoms with E-state index in [4.69, 9.17) is 9.15 Å². The molecule has 0 atom stereocenters. The summed E-state index contributed by atoms with van der Waals surface area (Å²) in [5, 5.41) is 5.08. The van der Waals surface area contributed by atoms with Gasteiger partial charge in [-0.25, -0.2) is 9.97 Å². The van der Waals surface area contributed by atoms with Crippen LogP contribution in [-0.4, -0.2) is 53.4 Å². The second kappa shape index (κ2) is 9.64. The van der Waals surface area contributed by atoms with Crippen molar-refractivity contribution in [3.05, 3.63) is 59.1 Å². The summed E-state index contributed by atoms with van der Waals surface area (Å²) in [6.45, 7) is 3.68.